The van der Waals surface area contributed by atoms with Gasteiger partial charge in [-0.05, 0) is 31.9 Å². The number of nitrogens with zero attached hydrogens (tertiary/aromatic N) is 3. The Labute approximate surface area is 202 Å². The molecule has 0 saturated heterocycles. The van der Waals surface area contributed by atoms with Crippen LogP contribution >= 0.6 is 22.9 Å². The van der Waals surface area contributed by atoms with Crippen molar-refractivity contribution in [2.45, 2.75) is 53.1 Å². The Morgan fingerprint density at radius 2 is 2.09 bits per heavy atom. The van der Waals surface area contributed by atoms with Gasteiger partial charge in [-0.2, -0.15) is 0 Å². The molecule has 3 rings (SSSR count). The molecule has 1 N–H and O–H groups in total. The Bertz CT molecular complexity index is 941. The van der Waals surface area contributed by atoms with E-state index in [0.717, 1.165) is 71.1 Å². The second kappa shape index (κ2) is 14.0. The molecule has 0 fully saturated rings. The first-order valence-corrected chi connectivity index (χ1v) is 12.8. The first kappa shape index (κ1) is 26.8. The zero-order valence-electron chi connectivity index (χ0n) is 20.1. The number of halogens is 1. The quantitative estimate of drug-likeness (QED) is 0.330. The van der Waals surface area contributed by atoms with Crippen molar-refractivity contribution in [1.29, 1.82) is 0 Å². The van der Waals surface area contributed by atoms with Crippen molar-refractivity contribution in [2.75, 3.05) is 33.9 Å². The van der Waals surface area contributed by atoms with Crippen molar-refractivity contribution in [3.05, 3.63) is 40.5 Å². The molecule has 0 aliphatic carbocycles. The Morgan fingerprint density at radius 1 is 1.31 bits per heavy atom. The van der Waals surface area contributed by atoms with Crippen LogP contribution in [0.15, 0.2) is 29.8 Å². The van der Waals surface area contributed by atoms with Crippen LogP contribution in [0.3, 0.4) is 0 Å². The fourth-order valence-corrected chi connectivity index (χ4v) is 4.94. The van der Waals surface area contributed by atoms with Gasteiger partial charge in [0.05, 0.1) is 22.8 Å². The number of hydrogen-bond acceptors (Lipinski definition) is 5. The number of aliphatic hydroxyl groups excluding tert-OH is 1. The lowest BCUT2D eigenvalue weighted by Crippen LogP contribution is -2.22. The average Bonchev–Trinajstić information content (AvgIpc) is 3.41. The molecule has 0 spiro atoms. The standard InChI is InChI=1S/C23H32ClN3O2S.C2H6/c1-4-17(7-6-11-28)13-27-15-20(19-8-5-9-21(24)22(19)27)23-25-18(16-30-23)14-26(2)10-12-29-3;1-2/h5,8-9,15-17,28H,4,6-7,10-14H2,1-3H3;1-2H3. The number of rotatable bonds is 12. The summed E-state index contributed by atoms with van der Waals surface area (Å²) in [5, 5.41) is 14.3. The van der Waals surface area contributed by atoms with Gasteiger partial charge in [-0.1, -0.05) is 50.9 Å². The van der Waals surface area contributed by atoms with E-state index in [0.29, 0.717) is 12.5 Å². The van der Waals surface area contributed by atoms with Crippen molar-refractivity contribution < 1.29 is 9.84 Å². The van der Waals surface area contributed by atoms with E-state index in [1.807, 2.05) is 26.0 Å². The molecule has 2 aromatic heterocycles. The third-order valence-corrected chi connectivity index (χ3v) is 6.77. The van der Waals surface area contributed by atoms with Crippen molar-refractivity contribution >= 4 is 33.8 Å². The zero-order valence-corrected chi connectivity index (χ0v) is 21.7. The van der Waals surface area contributed by atoms with E-state index in [1.54, 1.807) is 18.4 Å². The van der Waals surface area contributed by atoms with Crippen molar-refractivity contribution in [3.8, 4) is 10.6 Å². The van der Waals surface area contributed by atoms with Gasteiger partial charge in [0.15, 0.2) is 0 Å². The Kier molecular flexibility index (Phi) is 11.7. The van der Waals surface area contributed by atoms with E-state index in [1.165, 1.54) is 0 Å². The molecule has 0 radical (unpaired) electrons. The highest BCUT2D eigenvalue weighted by molar-refractivity contribution is 7.13. The van der Waals surface area contributed by atoms with Crippen LogP contribution < -0.4 is 0 Å². The minimum absolute atomic E-state index is 0.246. The van der Waals surface area contributed by atoms with Gasteiger partial charge >= 0.3 is 0 Å². The van der Waals surface area contributed by atoms with Crippen LogP contribution in [0.1, 0.15) is 45.7 Å². The van der Waals surface area contributed by atoms with Crippen LogP contribution in [0.4, 0.5) is 0 Å². The second-order valence-electron chi connectivity index (χ2n) is 7.85. The van der Waals surface area contributed by atoms with Gasteiger partial charge in [0.25, 0.3) is 0 Å². The molecule has 0 saturated carbocycles. The number of fused-ring (bicyclic) bond motifs is 1. The summed E-state index contributed by atoms with van der Waals surface area (Å²) < 4.78 is 7.45. The molecule has 3 aromatic rings. The molecule has 2 heterocycles. The van der Waals surface area contributed by atoms with E-state index >= 15 is 0 Å². The van der Waals surface area contributed by atoms with Crippen LogP contribution in [-0.4, -0.2) is 53.5 Å². The highest BCUT2D eigenvalue weighted by Crippen LogP contribution is 2.36. The van der Waals surface area contributed by atoms with Crippen LogP contribution in [0.25, 0.3) is 21.5 Å². The molecule has 1 unspecified atom stereocenters. The number of ether oxygens (including phenoxy) is 1. The third-order valence-electron chi connectivity index (χ3n) is 5.54. The third kappa shape index (κ3) is 7.03. The van der Waals surface area contributed by atoms with E-state index < -0.39 is 0 Å². The van der Waals surface area contributed by atoms with Gasteiger partial charge in [-0.25, -0.2) is 4.98 Å². The summed E-state index contributed by atoms with van der Waals surface area (Å²) in [4.78, 5) is 7.13. The molecule has 32 heavy (non-hydrogen) atoms. The Hall–Kier alpha value is -1.44. The topological polar surface area (TPSA) is 50.5 Å². The number of likely N-dealkylation sites (N-methyl/N-ethyl adjacent to an activating group) is 1. The summed E-state index contributed by atoms with van der Waals surface area (Å²) in [6.45, 7) is 9.75. The molecular weight excluding hydrogens is 442 g/mol. The number of methoxy groups -OCH3 is 1. The second-order valence-corrected chi connectivity index (χ2v) is 9.11. The molecule has 1 aromatic carbocycles. The van der Waals surface area contributed by atoms with Crippen LogP contribution in [0.2, 0.25) is 5.02 Å². The Morgan fingerprint density at radius 3 is 2.78 bits per heavy atom. The predicted octanol–water partition coefficient (Wildman–Crippen LogP) is 6.32. The molecule has 178 valence electrons. The highest BCUT2D eigenvalue weighted by Gasteiger charge is 2.18. The SMILES string of the molecule is CC.CCC(CCCO)Cn1cc(-c2nc(CN(C)CCOC)cs2)c2cccc(Cl)c21. The highest BCUT2D eigenvalue weighted by atomic mass is 35.5. The summed E-state index contributed by atoms with van der Waals surface area (Å²) >= 11 is 8.30. The molecule has 1 atom stereocenters. The van der Waals surface area contributed by atoms with Gasteiger partial charge in [-0.15, -0.1) is 11.3 Å². The van der Waals surface area contributed by atoms with Gasteiger partial charge in [0.2, 0.25) is 0 Å². The lowest BCUT2D eigenvalue weighted by molar-refractivity contribution is 0.158. The monoisotopic (exact) mass is 479 g/mol. The lowest BCUT2D eigenvalue weighted by atomic mass is 10.0. The maximum Gasteiger partial charge on any atom is 0.125 e. The predicted molar refractivity (Wildman–Crippen MR) is 138 cm³/mol. The number of thiazole rings is 1. The summed E-state index contributed by atoms with van der Waals surface area (Å²) in [6.07, 6.45) is 5.14. The number of hydrogen-bond donors (Lipinski definition) is 1. The number of benzene rings is 1. The minimum Gasteiger partial charge on any atom is -0.396 e. The van der Waals surface area contributed by atoms with Gasteiger partial charge in [-0.3, -0.25) is 4.90 Å². The molecule has 0 bridgehead atoms. The van der Waals surface area contributed by atoms with E-state index in [4.69, 9.17) is 21.3 Å². The summed E-state index contributed by atoms with van der Waals surface area (Å²) in [5.41, 5.74) is 3.29. The number of para-hydroxylation sites is 1. The number of aliphatic hydroxyl groups is 1. The van der Waals surface area contributed by atoms with Crippen LogP contribution in [0.5, 0.6) is 0 Å². The molecule has 0 aliphatic heterocycles. The summed E-state index contributed by atoms with van der Waals surface area (Å²) in [6, 6.07) is 6.10. The smallest absolute Gasteiger partial charge is 0.125 e. The summed E-state index contributed by atoms with van der Waals surface area (Å²) in [7, 11) is 3.81. The first-order valence-electron chi connectivity index (χ1n) is 11.6. The van der Waals surface area contributed by atoms with E-state index in [2.05, 4.69) is 41.1 Å². The molecule has 7 heteroatoms. The van der Waals surface area contributed by atoms with Crippen molar-refractivity contribution in [3.63, 3.8) is 0 Å². The van der Waals surface area contributed by atoms with Gasteiger partial charge in [0, 0.05) is 55.9 Å². The maximum atomic E-state index is 9.21. The lowest BCUT2D eigenvalue weighted by Gasteiger charge is -2.16. The molecule has 0 aliphatic rings. The van der Waals surface area contributed by atoms with E-state index in [9.17, 15) is 5.11 Å². The van der Waals surface area contributed by atoms with Gasteiger partial charge in [0.1, 0.15) is 5.01 Å². The fourth-order valence-electron chi connectivity index (χ4n) is 3.82. The van der Waals surface area contributed by atoms with E-state index in [-0.39, 0.29) is 6.61 Å². The largest absolute Gasteiger partial charge is 0.396 e. The number of aromatic nitrogens is 2. The first-order chi connectivity index (χ1) is 15.6. The van der Waals surface area contributed by atoms with Crippen LogP contribution in [-0.2, 0) is 17.8 Å². The average molecular weight is 480 g/mol. The van der Waals surface area contributed by atoms with Gasteiger partial charge < -0.3 is 14.4 Å². The normalized spacial score (nSPS) is 12.2. The maximum absolute atomic E-state index is 9.21. The van der Waals surface area contributed by atoms with Crippen LogP contribution in [0, 0.1) is 5.92 Å². The van der Waals surface area contributed by atoms with Crippen molar-refractivity contribution in [1.82, 2.24) is 14.5 Å². The Balaban J connectivity index is 0.00000176. The summed E-state index contributed by atoms with van der Waals surface area (Å²) in [5.74, 6) is 0.512. The minimum atomic E-state index is 0.246. The molecule has 5 nitrogen and oxygen atoms in total. The fraction of sp³-hybridized carbons (Fsp3) is 0.560. The molecule has 0 amide bonds. The zero-order chi connectivity index (χ0) is 23.5. The van der Waals surface area contributed by atoms with Crippen molar-refractivity contribution in [2.24, 2.45) is 5.92 Å². The molecular formula is C25H38ClN3O2S.